The molecule has 0 spiro atoms. The van der Waals surface area contributed by atoms with Crippen molar-refractivity contribution < 1.29 is 19.1 Å². The smallest absolute Gasteiger partial charge is 0.307 e. The normalized spacial score (nSPS) is 11.6. The van der Waals surface area contributed by atoms with E-state index in [0.29, 0.717) is 16.4 Å². The second-order valence-corrected chi connectivity index (χ2v) is 7.50. The van der Waals surface area contributed by atoms with Crippen molar-refractivity contribution in [3.8, 4) is 0 Å². The van der Waals surface area contributed by atoms with Gasteiger partial charge in [0.15, 0.2) is 11.9 Å². The molecule has 1 amide bonds. The molecule has 1 heterocycles. The first-order valence-corrected chi connectivity index (χ1v) is 10.5. The largest absolute Gasteiger partial charge is 0.453 e. The van der Waals surface area contributed by atoms with Gasteiger partial charge in [-0.25, -0.2) is 4.98 Å². The highest BCUT2D eigenvalue weighted by atomic mass is 35.5. The molecule has 30 heavy (non-hydrogen) atoms. The van der Waals surface area contributed by atoms with E-state index < -0.39 is 18.0 Å². The van der Waals surface area contributed by atoms with E-state index >= 15 is 0 Å². The predicted molar refractivity (Wildman–Crippen MR) is 117 cm³/mol. The highest BCUT2D eigenvalue weighted by Gasteiger charge is 2.19. The second-order valence-electron chi connectivity index (χ2n) is 7.06. The van der Waals surface area contributed by atoms with Crippen LogP contribution in [-0.4, -0.2) is 28.7 Å². The molecule has 1 N–H and O–H groups in total. The van der Waals surface area contributed by atoms with Crippen LogP contribution in [0.5, 0.6) is 0 Å². The summed E-state index contributed by atoms with van der Waals surface area (Å²) in [6.45, 7) is 3.62. The first kappa shape index (κ1) is 23.5. The molecule has 0 radical (unpaired) electrons. The maximum Gasteiger partial charge on any atom is 0.307 e. The Morgan fingerprint density at radius 3 is 2.43 bits per heavy atom. The SMILES string of the molecule is CCCCCc1ccc(C(=O)CCC(=O)O[C@@H](C)C(=O)Nc2ccc(Cl)cn2)cc1. The number of ketones is 1. The first-order valence-electron chi connectivity index (χ1n) is 10.1. The van der Waals surface area contributed by atoms with Gasteiger partial charge in [-0.15, -0.1) is 0 Å². The quantitative estimate of drug-likeness (QED) is 0.308. The van der Waals surface area contributed by atoms with Gasteiger partial charge >= 0.3 is 5.97 Å². The third kappa shape index (κ3) is 7.95. The van der Waals surface area contributed by atoms with E-state index in [-0.39, 0.29) is 18.6 Å². The third-order valence-corrected chi connectivity index (χ3v) is 4.78. The Balaban J connectivity index is 1.75. The number of nitrogens with zero attached hydrogens (tertiary/aromatic N) is 1. The molecule has 6 nitrogen and oxygen atoms in total. The lowest BCUT2D eigenvalue weighted by molar-refractivity contribution is -0.153. The second kappa shape index (κ2) is 12.1. The van der Waals surface area contributed by atoms with Gasteiger partial charge in [0.2, 0.25) is 0 Å². The molecule has 0 saturated carbocycles. The summed E-state index contributed by atoms with van der Waals surface area (Å²) < 4.78 is 5.11. The van der Waals surface area contributed by atoms with Crippen molar-refractivity contribution in [3.05, 3.63) is 58.7 Å². The van der Waals surface area contributed by atoms with Crippen molar-refractivity contribution in [2.75, 3.05) is 5.32 Å². The number of hydrogen-bond acceptors (Lipinski definition) is 5. The molecule has 0 fully saturated rings. The highest BCUT2D eigenvalue weighted by Crippen LogP contribution is 2.13. The van der Waals surface area contributed by atoms with Crippen LogP contribution in [0.2, 0.25) is 5.02 Å². The van der Waals surface area contributed by atoms with Crippen molar-refractivity contribution in [1.29, 1.82) is 0 Å². The molecule has 0 unspecified atom stereocenters. The van der Waals surface area contributed by atoms with Gasteiger partial charge in [0, 0.05) is 18.2 Å². The first-order chi connectivity index (χ1) is 14.4. The number of benzene rings is 1. The minimum atomic E-state index is -1.01. The number of unbranched alkanes of at least 4 members (excludes halogenated alkanes) is 2. The number of esters is 1. The topological polar surface area (TPSA) is 85.4 Å². The molecule has 2 aromatic rings. The van der Waals surface area contributed by atoms with Crippen LogP contribution in [0.25, 0.3) is 0 Å². The number of nitrogens with one attached hydrogen (secondary N) is 1. The van der Waals surface area contributed by atoms with E-state index in [9.17, 15) is 14.4 Å². The van der Waals surface area contributed by atoms with Gasteiger partial charge in [0.05, 0.1) is 11.4 Å². The lowest BCUT2D eigenvalue weighted by Crippen LogP contribution is -2.30. The maximum atomic E-state index is 12.3. The van der Waals surface area contributed by atoms with Gasteiger partial charge in [-0.05, 0) is 37.5 Å². The van der Waals surface area contributed by atoms with E-state index in [2.05, 4.69) is 17.2 Å². The molecule has 1 atom stereocenters. The Morgan fingerprint density at radius 1 is 1.07 bits per heavy atom. The zero-order valence-corrected chi connectivity index (χ0v) is 18.1. The van der Waals surface area contributed by atoms with E-state index in [1.807, 2.05) is 12.1 Å². The molecule has 0 saturated heterocycles. The highest BCUT2D eigenvalue weighted by molar-refractivity contribution is 6.30. The van der Waals surface area contributed by atoms with E-state index in [1.54, 1.807) is 24.3 Å². The summed E-state index contributed by atoms with van der Waals surface area (Å²) in [6, 6.07) is 10.6. The fraction of sp³-hybridized carbons (Fsp3) is 0.391. The van der Waals surface area contributed by atoms with Crippen LogP contribution in [0.3, 0.4) is 0 Å². The fourth-order valence-electron chi connectivity index (χ4n) is 2.78. The zero-order valence-electron chi connectivity index (χ0n) is 17.3. The van der Waals surface area contributed by atoms with Crippen molar-refractivity contribution in [2.24, 2.45) is 0 Å². The molecule has 0 bridgehead atoms. The average Bonchev–Trinajstić information content (AvgIpc) is 2.74. The number of anilines is 1. The van der Waals surface area contributed by atoms with Crippen molar-refractivity contribution in [2.45, 2.75) is 58.5 Å². The molecule has 0 aliphatic carbocycles. The van der Waals surface area contributed by atoms with Crippen molar-refractivity contribution in [1.82, 2.24) is 4.98 Å². The molecular formula is C23H27ClN2O4. The van der Waals surface area contributed by atoms with Crippen LogP contribution in [0.4, 0.5) is 5.82 Å². The summed E-state index contributed by atoms with van der Waals surface area (Å²) in [4.78, 5) is 40.3. The summed E-state index contributed by atoms with van der Waals surface area (Å²) in [7, 11) is 0. The van der Waals surface area contributed by atoms with E-state index in [4.69, 9.17) is 16.3 Å². The van der Waals surface area contributed by atoms with Gasteiger partial charge in [-0.3, -0.25) is 14.4 Å². The van der Waals surface area contributed by atoms with Gasteiger partial charge in [-0.1, -0.05) is 55.6 Å². The summed E-state index contributed by atoms with van der Waals surface area (Å²) in [5.74, 6) is -0.940. The summed E-state index contributed by atoms with van der Waals surface area (Å²) in [5, 5.41) is 2.98. The number of amides is 1. The minimum Gasteiger partial charge on any atom is -0.453 e. The van der Waals surface area contributed by atoms with Gasteiger partial charge in [0.1, 0.15) is 5.82 Å². The monoisotopic (exact) mass is 430 g/mol. The van der Waals surface area contributed by atoms with Gasteiger partial charge < -0.3 is 10.1 Å². The predicted octanol–water partition coefficient (Wildman–Crippen LogP) is 5.00. The number of carbonyl (C=O) groups excluding carboxylic acids is 3. The number of Topliss-reactive ketones (excluding diaryl/α,β-unsaturated/α-hetero) is 1. The molecule has 7 heteroatoms. The number of ether oxygens (including phenoxy) is 1. The molecule has 0 aliphatic heterocycles. The van der Waals surface area contributed by atoms with Crippen LogP contribution in [0.1, 0.15) is 61.9 Å². The third-order valence-electron chi connectivity index (χ3n) is 4.56. The number of rotatable bonds is 11. The Kier molecular flexibility index (Phi) is 9.48. The number of hydrogen-bond donors (Lipinski definition) is 1. The minimum absolute atomic E-state index is 0.0289. The fourth-order valence-corrected chi connectivity index (χ4v) is 2.90. The number of halogens is 1. The van der Waals surface area contributed by atoms with Crippen LogP contribution in [0, 0.1) is 0 Å². The summed E-state index contributed by atoms with van der Waals surface area (Å²) in [6.07, 6.45) is 4.83. The number of pyridine rings is 1. The van der Waals surface area contributed by atoms with Gasteiger partial charge in [-0.2, -0.15) is 0 Å². The Bertz CT molecular complexity index is 851. The van der Waals surface area contributed by atoms with Gasteiger partial charge in [0.25, 0.3) is 5.91 Å². The van der Waals surface area contributed by atoms with E-state index in [1.165, 1.54) is 31.5 Å². The summed E-state index contributed by atoms with van der Waals surface area (Å²) in [5.41, 5.74) is 1.77. The van der Waals surface area contributed by atoms with E-state index in [0.717, 1.165) is 12.8 Å². The zero-order chi connectivity index (χ0) is 21.9. The molecule has 2 rings (SSSR count). The number of carbonyl (C=O) groups is 3. The van der Waals surface area contributed by atoms with Crippen LogP contribution in [-0.2, 0) is 20.7 Å². The molecule has 1 aromatic carbocycles. The Hall–Kier alpha value is -2.73. The Labute approximate surface area is 182 Å². The number of aryl methyl sites for hydroxylation is 1. The molecule has 0 aliphatic rings. The van der Waals surface area contributed by atoms with Crippen molar-refractivity contribution in [3.63, 3.8) is 0 Å². The van der Waals surface area contributed by atoms with Crippen LogP contribution >= 0.6 is 11.6 Å². The standard InChI is InChI=1S/C23H27ClN2O4/c1-3-4-5-6-17-7-9-18(10-8-17)20(27)12-14-22(28)30-16(2)23(29)26-21-13-11-19(24)15-25-21/h7-11,13,15-16H,3-6,12,14H2,1-2H3,(H,25,26,29)/t16-/m0/s1. The molecule has 160 valence electrons. The van der Waals surface area contributed by atoms with Crippen LogP contribution in [0.15, 0.2) is 42.6 Å². The van der Waals surface area contributed by atoms with Crippen LogP contribution < -0.4 is 5.32 Å². The lowest BCUT2D eigenvalue weighted by atomic mass is 10.0. The van der Waals surface area contributed by atoms with Crippen molar-refractivity contribution >= 4 is 35.1 Å². The Morgan fingerprint density at radius 2 is 1.80 bits per heavy atom. The lowest BCUT2D eigenvalue weighted by Gasteiger charge is -2.13. The molecule has 1 aromatic heterocycles. The molecular weight excluding hydrogens is 404 g/mol. The number of aromatic nitrogens is 1. The average molecular weight is 431 g/mol. The maximum absolute atomic E-state index is 12.3. The summed E-state index contributed by atoms with van der Waals surface area (Å²) >= 11 is 5.75.